The molecule has 3 nitrogen and oxygen atoms in total. The van der Waals surface area contributed by atoms with Gasteiger partial charge in [0.05, 0.1) is 0 Å². The Morgan fingerprint density at radius 1 is 0.720 bits per heavy atom. The van der Waals surface area contributed by atoms with E-state index in [2.05, 4.69) is 71.2 Å². The van der Waals surface area contributed by atoms with E-state index < -0.39 is 0 Å². The van der Waals surface area contributed by atoms with Crippen molar-refractivity contribution >= 4 is 0 Å². The Balaban J connectivity index is 1.75. The van der Waals surface area contributed by atoms with Crippen LogP contribution in [0.1, 0.15) is 42.0 Å². The molecule has 2 aromatic heterocycles. The first-order valence-corrected chi connectivity index (χ1v) is 8.79. The number of hydrogen-bond acceptors (Lipinski definition) is 3. The van der Waals surface area contributed by atoms with Gasteiger partial charge in [-0.3, -0.25) is 14.9 Å². The van der Waals surface area contributed by atoms with E-state index in [9.17, 15) is 0 Å². The van der Waals surface area contributed by atoms with Gasteiger partial charge in [0.15, 0.2) is 0 Å². The number of rotatable bonds is 7. The molecule has 3 rings (SSSR count). The van der Waals surface area contributed by atoms with Crippen LogP contribution < -0.4 is 0 Å². The number of hydrogen-bond donors (Lipinski definition) is 0. The first-order valence-electron chi connectivity index (χ1n) is 8.79. The van der Waals surface area contributed by atoms with Crippen molar-refractivity contribution in [2.24, 2.45) is 0 Å². The highest BCUT2D eigenvalue weighted by Gasteiger charge is 2.09. The molecule has 0 unspecified atom stereocenters. The summed E-state index contributed by atoms with van der Waals surface area (Å²) in [6.45, 7) is 7.14. The second kappa shape index (κ2) is 8.54. The maximum atomic E-state index is 4.25. The number of pyridine rings is 2. The van der Waals surface area contributed by atoms with E-state index in [1.807, 2.05) is 30.9 Å². The van der Waals surface area contributed by atoms with Crippen molar-refractivity contribution in [3.05, 3.63) is 95.6 Å². The largest absolute Gasteiger partial charge is 0.291 e. The molecular formula is C22H25N3. The highest BCUT2D eigenvalue weighted by Crippen LogP contribution is 2.17. The molecular weight excluding hydrogens is 306 g/mol. The van der Waals surface area contributed by atoms with Crippen LogP contribution in [-0.4, -0.2) is 14.9 Å². The Bertz CT molecular complexity index is 711. The fraction of sp³-hybridized carbons (Fsp3) is 0.273. The zero-order valence-corrected chi connectivity index (χ0v) is 15.0. The van der Waals surface area contributed by atoms with Crippen molar-refractivity contribution in [3.8, 4) is 0 Å². The molecule has 0 aliphatic rings. The molecule has 0 fully saturated rings. The van der Waals surface area contributed by atoms with Crippen LogP contribution in [0, 0.1) is 0 Å². The maximum Gasteiger partial charge on any atom is 0.0312 e. The van der Waals surface area contributed by atoms with E-state index in [0.29, 0.717) is 5.92 Å². The molecule has 3 aromatic rings. The van der Waals surface area contributed by atoms with Gasteiger partial charge in [0.2, 0.25) is 0 Å². The summed E-state index contributed by atoms with van der Waals surface area (Å²) in [5.41, 5.74) is 5.23. The minimum absolute atomic E-state index is 0.567. The van der Waals surface area contributed by atoms with E-state index in [4.69, 9.17) is 0 Å². The first kappa shape index (κ1) is 17.3. The molecule has 0 radical (unpaired) electrons. The molecule has 0 atom stereocenters. The second-order valence-corrected chi connectivity index (χ2v) is 6.76. The second-order valence-electron chi connectivity index (χ2n) is 6.76. The average molecular weight is 331 g/mol. The van der Waals surface area contributed by atoms with Crippen molar-refractivity contribution in [1.82, 2.24) is 14.9 Å². The van der Waals surface area contributed by atoms with Gasteiger partial charge in [-0.15, -0.1) is 0 Å². The monoisotopic (exact) mass is 331 g/mol. The Kier molecular flexibility index (Phi) is 5.91. The van der Waals surface area contributed by atoms with E-state index >= 15 is 0 Å². The number of benzene rings is 1. The Labute approximate surface area is 150 Å². The number of aromatic nitrogens is 2. The van der Waals surface area contributed by atoms with Gasteiger partial charge in [-0.2, -0.15) is 0 Å². The molecule has 25 heavy (non-hydrogen) atoms. The highest BCUT2D eigenvalue weighted by molar-refractivity contribution is 5.25. The zero-order chi connectivity index (χ0) is 17.5. The van der Waals surface area contributed by atoms with Gasteiger partial charge in [0.1, 0.15) is 0 Å². The smallest absolute Gasteiger partial charge is 0.0312 e. The third-order valence-electron chi connectivity index (χ3n) is 4.34. The summed E-state index contributed by atoms with van der Waals surface area (Å²) < 4.78 is 0. The summed E-state index contributed by atoms with van der Waals surface area (Å²) in [5.74, 6) is 0.567. The third kappa shape index (κ3) is 5.23. The van der Waals surface area contributed by atoms with Gasteiger partial charge in [-0.25, -0.2) is 0 Å². The van der Waals surface area contributed by atoms with Crippen LogP contribution in [0.4, 0.5) is 0 Å². The lowest BCUT2D eigenvalue weighted by molar-refractivity contribution is 0.247. The summed E-state index contributed by atoms with van der Waals surface area (Å²) >= 11 is 0. The van der Waals surface area contributed by atoms with E-state index in [0.717, 1.165) is 19.6 Å². The van der Waals surface area contributed by atoms with Crippen LogP contribution in [0.25, 0.3) is 0 Å². The molecule has 1 aromatic carbocycles. The molecule has 0 bridgehead atoms. The van der Waals surface area contributed by atoms with Gasteiger partial charge in [0, 0.05) is 44.4 Å². The van der Waals surface area contributed by atoms with Crippen LogP contribution in [0.15, 0.2) is 73.3 Å². The van der Waals surface area contributed by atoms with Crippen molar-refractivity contribution in [1.29, 1.82) is 0 Å². The summed E-state index contributed by atoms with van der Waals surface area (Å²) in [6, 6.07) is 17.3. The Hall–Kier alpha value is -2.52. The fourth-order valence-corrected chi connectivity index (χ4v) is 2.93. The topological polar surface area (TPSA) is 29.0 Å². The molecule has 0 saturated heterocycles. The van der Waals surface area contributed by atoms with E-state index in [1.165, 1.54) is 22.3 Å². The molecule has 3 heteroatoms. The van der Waals surface area contributed by atoms with E-state index in [1.54, 1.807) is 0 Å². The van der Waals surface area contributed by atoms with Crippen molar-refractivity contribution in [2.75, 3.05) is 0 Å². The van der Waals surface area contributed by atoms with Crippen LogP contribution in [0.2, 0.25) is 0 Å². The minimum atomic E-state index is 0.567. The molecule has 0 amide bonds. The fourth-order valence-electron chi connectivity index (χ4n) is 2.93. The van der Waals surface area contributed by atoms with Crippen LogP contribution in [-0.2, 0) is 19.6 Å². The predicted molar refractivity (Wildman–Crippen MR) is 102 cm³/mol. The van der Waals surface area contributed by atoms with Gasteiger partial charge < -0.3 is 0 Å². The maximum absolute atomic E-state index is 4.25. The van der Waals surface area contributed by atoms with Crippen molar-refractivity contribution < 1.29 is 0 Å². The van der Waals surface area contributed by atoms with Gasteiger partial charge in [0.25, 0.3) is 0 Å². The molecule has 0 aliphatic heterocycles. The summed E-state index contributed by atoms with van der Waals surface area (Å²) in [4.78, 5) is 10.8. The first-order chi connectivity index (χ1) is 12.2. The van der Waals surface area contributed by atoms with Crippen molar-refractivity contribution in [3.63, 3.8) is 0 Å². The Morgan fingerprint density at radius 3 is 1.96 bits per heavy atom. The molecule has 0 N–H and O–H groups in total. The summed E-state index contributed by atoms with van der Waals surface area (Å²) in [5, 5.41) is 0. The summed E-state index contributed by atoms with van der Waals surface area (Å²) in [7, 11) is 0. The third-order valence-corrected chi connectivity index (χ3v) is 4.34. The van der Waals surface area contributed by atoms with Gasteiger partial charge in [-0.05, 0) is 46.4 Å². The SMILES string of the molecule is CC(C)c1ccc(CN(Cc2ccncc2)Cc2cccnc2)cc1. The van der Waals surface area contributed by atoms with Gasteiger partial charge in [-0.1, -0.05) is 44.2 Å². The normalized spacial score (nSPS) is 11.2. The lowest BCUT2D eigenvalue weighted by Crippen LogP contribution is -2.22. The zero-order valence-electron chi connectivity index (χ0n) is 15.0. The summed E-state index contributed by atoms with van der Waals surface area (Å²) in [6.07, 6.45) is 7.48. The van der Waals surface area contributed by atoms with Crippen LogP contribution in [0.3, 0.4) is 0 Å². The molecule has 0 saturated carbocycles. The minimum Gasteiger partial charge on any atom is -0.291 e. The molecule has 0 aliphatic carbocycles. The highest BCUT2D eigenvalue weighted by atomic mass is 15.1. The molecule has 0 spiro atoms. The van der Waals surface area contributed by atoms with Crippen molar-refractivity contribution in [2.45, 2.75) is 39.4 Å². The van der Waals surface area contributed by atoms with E-state index in [-0.39, 0.29) is 0 Å². The quantitative estimate of drug-likeness (QED) is 0.622. The van der Waals surface area contributed by atoms with Gasteiger partial charge >= 0.3 is 0 Å². The standard InChI is InChI=1S/C22H25N3/c1-18(2)22-7-5-19(6-8-22)15-25(16-20-9-12-23-13-10-20)17-21-4-3-11-24-14-21/h3-14,18H,15-17H2,1-2H3. The Morgan fingerprint density at radius 2 is 1.36 bits per heavy atom. The molecule has 128 valence electrons. The van der Waals surface area contributed by atoms with Crippen LogP contribution in [0.5, 0.6) is 0 Å². The lowest BCUT2D eigenvalue weighted by Gasteiger charge is -2.23. The number of nitrogens with zero attached hydrogens (tertiary/aromatic N) is 3. The molecule has 2 heterocycles. The van der Waals surface area contributed by atoms with Crippen LogP contribution >= 0.6 is 0 Å². The predicted octanol–water partition coefficient (Wildman–Crippen LogP) is 4.80. The average Bonchev–Trinajstić information content (AvgIpc) is 2.64. The lowest BCUT2D eigenvalue weighted by atomic mass is 10.0.